The van der Waals surface area contributed by atoms with Gasteiger partial charge < -0.3 is 14.1 Å². The van der Waals surface area contributed by atoms with Crippen molar-refractivity contribution in [3.05, 3.63) is 53.7 Å². The maximum atomic E-state index is 13.3. The van der Waals surface area contributed by atoms with Gasteiger partial charge in [-0.2, -0.15) is 4.31 Å². The zero-order valence-corrected chi connectivity index (χ0v) is 19.9. The Morgan fingerprint density at radius 1 is 1.18 bits per heavy atom. The molecule has 1 saturated heterocycles. The van der Waals surface area contributed by atoms with Crippen LogP contribution in [0, 0.1) is 5.92 Å². The van der Waals surface area contributed by atoms with Gasteiger partial charge in [0.25, 0.3) is 5.89 Å². The van der Waals surface area contributed by atoms with Crippen molar-refractivity contribution < 1.29 is 22.4 Å². The molecular weight excluding hydrogens is 464 g/mol. The highest BCUT2D eigenvalue weighted by atomic mass is 32.2. The lowest BCUT2D eigenvalue weighted by Crippen LogP contribution is -2.45. The van der Waals surface area contributed by atoms with Crippen LogP contribution in [0.4, 0.5) is 0 Å². The van der Waals surface area contributed by atoms with Crippen molar-refractivity contribution in [1.29, 1.82) is 0 Å². The number of rotatable bonds is 9. The third kappa shape index (κ3) is 5.49. The average Bonchev–Trinajstić information content (AvgIpc) is 3.54. The summed E-state index contributed by atoms with van der Waals surface area (Å²) in [5, 5.41) is 10.1. The van der Waals surface area contributed by atoms with E-state index in [-0.39, 0.29) is 23.3 Å². The van der Waals surface area contributed by atoms with Crippen molar-refractivity contribution in [3.63, 3.8) is 0 Å². The van der Waals surface area contributed by atoms with Crippen LogP contribution in [-0.4, -0.2) is 67.1 Å². The number of piperidine rings is 1. The maximum absolute atomic E-state index is 13.3. The predicted molar refractivity (Wildman–Crippen MR) is 123 cm³/mol. The summed E-state index contributed by atoms with van der Waals surface area (Å²) in [6.07, 6.45) is 0.914. The standard InChI is InChI=1S/C22H26N4O5S2/c1-30-14-13-25(16-20-23-24-21(31-20)19-8-5-15-32-19)22(27)17-9-11-26(12-10-17)33(28,29)18-6-3-2-4-7-18/h2-8,15,17H,9-14,16H2,1H3. The SMILES string of the molecule is COCCN(Cc1nnc(-c2cccs2)o1)C(=O)C1CCN(S(=O)(=O)c2ccccc2)CC1. The molecule has 4 rings (SSSR count). The Labute approximate surface area is 197 Å². The summed E-state index contributed by atoms with van der Waals surface area (Å²) >= 11 is 1.50. The van der Waals surface area contributed by atoms with Crippen LogP contribution in [0.25, 0.3) is 10.8 Å². The maximum Gasteiger partial charge on any atom is 0.257 e. The predicted octanol–water partition coefficient (Wildman–Crippen LogP) is 2.87. The first kappa shape index (κ1) is 23.6. The summed E-state index contributed by atoms with van der Waals surface area (Å²) in [7, 11) is -1.98. The number of thiophene rings is 1. The lowest BCUT2D eigenvalue weighted by Gasteiger charge is -2.33. The molecular formula is C22H26N4O5S2. The fraction of sp³-hybridized carbons (Fsp3) is 0.409. The van der Waals surface area contributed by atoms with Gasteiger partial charge in [0.05, 0.1) is 22.9 Å². The molecule has 0 spiro atoms. The molecule has 1 aliphatic rings. The number of carbonyl (C=O) groups excluding carboxylic acids is 1. The highest BCUT2D eigenvalue weighted by Gasteiger charge is 2.34. The van der Waals surface area contributed by atoms with E-state index in [4.69, 9.17) is 9.15 Å². The van der Waals surface area contributed by atoms with Crippen LogP contribution in [0.2, 0.25) is 0 Å². The normalized spacial score (nSPS) is 15.5. The Morgan fingerprint density at radius 3 is 2.61 bits per heavy atom. The van der Waals surface area contributed by atoms with Gasteiger partial charge in [-0.3, -0.25) is 4.79 Å². The van der Waals surface area contributed by atoms with Gasteiger partial charge in [0.15, 0.2) is 0 Å². The number of nitrogens with zero attached hydrogens (tertiary/aromatic N) is 4. The molecule has 0 unspecified atom stereocenters. The van der Waals surface area contributed by atoms with E-state index in [9.17, 15) is 13.2 Å². The van der Waals surface area contributed by atoms with Gasteiger partial charge in [0.2, 0.25) is 21.8 Å². The van der Waals surface area contributed by atoms with Crippen LogP contribution in [0.5, 0.6) is 0 Å². The molecule has 3 aromatic rings. The number of amides is 1. The fourth-order valence-corrected chi connectivity index (χ4v) is 5.93. The van der Waals surface area contributed by atoms with Crippen molar-refractivity contribution in [2.45, 2.75) is 24.3 Å². The van der Waals surface area contributed by atoms with E-state index in [1.54, 1.807) is 42.3 Å². The fourth-order valence-electron chi connectivity index (χ4n) is 3.79. The summed E-state index contributed by atoms with van der Waals surface area (Å²) in [6.45, 7) is 1.54. The molecule has 2 aromatic heterocycles. The Balaban J connectivity index is 1.40. The van der Waals surface area contributed by atoms with Crippen LogP contribution in [-0.2, 0) is 26.1 Å². The molecule has 1 aliphatic heterocycles. The van der Waals surface area contributed by atoms with Gasteiger partial charge in [0, 0.05) is 32.7 Å². The van der Waals surface area contributed by atoms with Gasteiger partial charge >= 0.3 is 0 Å². The topological polar surface area (TPSA) is 106 Å². The molecule has 9 nitrogen and oxygen atoms in total. The van der Waals surface area contributed by atoms with Crippen LogP contribution >= 0.6 is 11.3 Å². The highest BCUT2D eigenvalue weighted by molar-refractivity contribution is 7.89. The first-order valence-corrected chi connectivity index (χ1v) is 13.0. The Bertz CT molecular complexity index is 1140. The van der Waals surface area contributed by atoms with E-state index in [1.807, 2.05) is 17.5 Å². The van der Waals surface area contributed by atoms with Gasteiger partial charge in [-0.15, -0.1) is 21.5 Å². The molecule has 0 atom stereocenters. The van der Waals surface area contributed by atoms with E-state index in [0.29, 0.717) is 50.9 Å². The summed E-state index contributed by atoms with van der Waals surface area (Å²) < 4.78 is 38.1. The van der Waals surface area contributed by atoms with E-state index in [2.05, 4.69) is 10.2 Å². The monoisotopic (exact) mass is 490 g/mol. The second kappa shape index (κ2) is 10.6. The molecule has 11 heteroatoms. The van der Waals surface area contributed by atoms with Crippen LogP contribution in [0.1, 0.15) is 18.7 Å². The molecule has 1 amide bonds. The summed E-state index contributed by atoms with van der Waals surface area (Å²) in [6, 6.07) is 12.2. The zero-order valence-electron chi connectivity index (χ0n) is 18.3. The summed E-state index contributed by atoms with van der Waals surface area (Å²) in [5.41, 5.74) is 0. The molecule has 3 heterocycles. The number of sulfonamides is 1. The largest absolute Gasteiger partial charge is 0.418 e. The number of hydrogen-bond donors (Lipinski definition) is 0. The van der Waals surface area contributed by atoms with Crippen LogP contribution in [0.15, 0.2) is 57.2 Å². The smallest absolute Gasteiger partial charge is 0.257 e. The Kier molecular flexibility index (Phi) is 7.53. The first-order chi connectivity index (χ1) is 16.0. The van der Waals surface area contributed by atoms with Gasteiger partial charge in [0.1, 0.15) is 0 Å². The first-order valence-electron chi connectivity index (χ1n) is 10.7. The molecule has 1 aromatic carbocycles. The van der Waals surface area contributed by atoms with Crippen molar-refractivity contribution in [2.75, 3.05) is 33.4 Å². The molecule has 0 N–H and O–H groups in total. The number of aromatic nitrogens is 2. The van der Waals surface area contributed by atoms with E-state index >= 15 is 0 Å². The van der Waals surface area contributed by atoms with E-state index < -0.39 is 10.0 Å². The minimum atomic E-state index is -3.56. The zero-order chi connectivity index (χ0) is 23.3. The van der Waals surface area contributed by atoms with E-state index in [0.717, 1.165) is 4.88 Å². The number of benzene rings is 1. The van der Waals surface area contributed by atoms with E-state index in [1.165, 1.54) is 15.6 Å². The lowest BCUT2D eigenvalue weighted by atomic mass is 9.96. The molecule has 176 valence electrons. The summed E-state index contributed by atoms with van der Waals surface area (Å²) in [5.74, 6) is 0.453. The molecule has 0 radical (unpaired) electrons. The molecule has 1 fully saturated rings. The quantitative estimate of drug-likeness (QED) is 0.454. The van der Waals surface area contributed by atoms with Crippen molar-refractivity contribution >= 4 is 27.3 Å². The van der Waals surface area contributed by atoms with Crippen molar-refractivity contribution in [3.8, 4) is 10.8 Å². The second-order valence-corrected chi connectivity index (χ2v) is 10.6. The van der Waals surface area contributed by atoms with Gasteiger partial charge in [-0.1, -0.05) is 24.3 Å². The molecule has 0 saturated carbocycles. The number of carbonyl (C=O) groups is 1. The lowest BCUT2D eigenvalue weighted by molar-refractivity contribution is -0.138. The molecule has 0 aliphatic carbocycles. The molecule has 33 heavy (non-hydrogen) atoms. The number of methoxy groups -OCH3 is 1. The van der Waals surface area contributed by atoms with Crippen molar-refractivity contribution in [2.24, 2.45) is 5.92 Å². The molecule has 0 bridgehead atoms. The average molecular weight is 491 g/mol. The highest BCUT2D eigenvalue weighted by Crippen LogP contribution is 2.27. The third-order valence-electron chi connectivity index (χ3n) is 5.59. The van der Waals surface area contributed by atoms with Crippen LogP contribution < -0.4 is 0 Å². The minimum Gasteiger partial charge on any atom is -0.418 e. The minimum absolute atomic E-state index is 0.0558. The van der Waals surface area contributed by atoms with Crippen LogP contribution in [0.3, 0.4) is 0 Å². The van der Waals surface area contributed by atoms with Gasteiger partial charge in [-0.25, -0.2) is 8.42 Å². The number of ether oxygens (including phenoxy) is 1. The summed E-state index contributed by atoms with van der Waals surface area (Å²) in [4.78, 5) is 16.1. The van der Waals surface area contributed by atoms with Gasteiger partial charge in [-0.05, 0) is 36.4 Å². The third-order valence-corrected chi connectivity index (χ3v) is 8.36. The Morgan fingerprint density at radius 2 is 1.94 bits per heavy atom. The number of hydrogen-bond acceptors (Lipinski definition) is 8. The Hall–Kier alpha value is -2.60. The second-order valence-electron chi connectivity index (χ2n) is 7.72. The van der Waals surface area contributed by atoms with Crippen molar-refractivity contribution in [1.82, 2.24) is 19.4 Å².